The Labute approximate surface area is 274 Å². The summed E-state index contributed by atoms with van der Waals surface area (Å²) in [5, 5.41) is 20.6. The molecule has 5 aromatic rings. The molecule has 4 aromatic carbocycles. The van der Waals surface area contributed by atoms with E-state index in [2.05, 4.69) is 10.2 Å². The first kappa shape index (κ1) is 29.8. The Hall–Kier alpha value is -4.93. The second-order valence-corrected chi connectivity index (χ2v) is 13.3. The summed E-state index contributed by atoms with van der Waals surface area (Å²) in [6.45, 7) is 2.32. The Balaban J connectivity index is 1.26. The molecule has 230 valence electrons. The normalized spacial score (nSPS) is 18.4. The number of benzene rings is 4. The highest BCUT2D eigenvalue weighted by Crippen LogP contribution is 2.45. The number of amides is 1. The second-order valence-electron chi connectivity index (χ2n) is 11.1. The van der Waals surface area contributed by atoms with Crippen molar-refractivity contribution in [2.75, 3.05) is 4.90 Å². The zero-order valence-electron chi connectivity index (χ0n) is 24.8. The van der Waals surface area contributed by atoms with E-state index in [4.69, 9.17) is 9.47 Å². The molecule has 7 rings (SSSR count). The van der Waals surface area contributed by atoms with Gasteiger partial charge in [-0.15, -0.1) is 10.2 Å². The van der Waals surface area contributed by atoms with Crippen molar-refractivity contribution in [1.82, 2.24) is 10.2 Å². The van der Waals surface area contributed by atoms with Gasteiger partial charge in [0.05, 0.1) is 11.6 Å². The second kappa shape index (κ2) is 12.8. The van der Waals surface area contributed by atoms with Gasteiger partial charge in [-0.3, -0.25) is 14.5 Å². The van der Waals surface area contributed by atoms with E-state index in [0.717, 1.165) is 22.4 Å². The maximum absolute atomic E-state index is 13.8. The summed E-state index contributed by atoms with van der Waals surface area (Å²) in [5.74, 6) is 0.157. The van der Waals surface area contributed by atoms with Crippen LogP contribution >= 0.6 is 23.1 Å². The third-order valence-electron chi connectivity index (χ3n) is 7.84. The fourth-order valence-electron chi connectivity index (χ4n) is 5.66. The summed E-state index contributed by atoms with van der Waals surface area (Å²) in [6, 6.07) is 31.4. The fourth-order valence-corrected chi connectivity index (χ4v) is 7.49. The maximum Gasteiger partial charge on any atom is 0.301 e. The van der Waals surface area contributed by atoms with Crippen molar-refractivity contribution in [2.24, 2.45) is 0 Å². The number of ether oxygens (including phenoxy) is 2. The molecule has 46 heavy (non-hydrogen) atoms. The zero-order valence-corrected chi connectivity index (χ0v) is 26.5. The molecular formula is C36H29N3O5S2. The average molecular weight is 648 g/mol. The first-order valence-electron chi connectivity index (χ1n) is 14.8. The predicted molar refractivity (Wildman–Crippen MR) is 178 cm³/mol. The standard InChI is InChI=1S/C36H29N3O5S2/c1-22-17-27-18-26(15-16-29(27)44-22)32(40)30-31(25-13-8-14-28(19-25)43-20-23-9-4-2-5-10-23)39(34(42)33(30)41)35-37-38-36(46-35)45-21-24-11-6-3-7-12-24/h2-16,18-19,22,31,40H,17,20-21H2,1H3/t22-,31-/m1/s1. The van der Waals surface area contributed by atoms with Crippen LogP contribution in [0.5, 0.6) is 11.5 Å². The number of ketones is 1. The van der Waals surface area contributed by atoms with Gasteiger partial charge < -0.3 is 14.6 Å². The van der Waals surface area contributed by atoms with E-state index in [1.807, 2.05) is 91.9 Å². The number of thioether (sulfide) groups is 1. The van der Waals surface area contributed by atoms with Crippen molar-refractivity contribution in [3.8, 4) is 11.5 Å². The zero-order chi connectivity index (χ0) is 31.6. The van der Waals surface area contributed by atoms with Crippen molar-refractivity contribution in [3.05, 3.63) is 137 Å². The minimum atomic E-state index is -0.955. The summed E-state index contributed by atoms with van der Waals surface area (Å²) in [6.07, 6.45) is 0.700. The van der Waals surface area contributed by atoms with Gasteiger partial charge in [0.1, 0.15) is 30.0 Å². The number of hydrogen-bond acceptors (Lipinski definition) is 9. The molecule has 0 unspecified atom stereocenters. The van der Waals surface area contributed by atoms with E-state index < -0.39 is 17.7 Å². The molecule has 2 aliphatic heterocycles. The van der Waals surface area contributed by atoms with Crippen LogP contribution < -0.4 is 14.4 Å². The van der Waals surface area contributed by atoms with Crippen molar-refractivity contribution in [1.29, 1.82) is 0 Å². The number of aliphatic hydroxyl groups excluding tert-OH is 1. The van der Waals surface area contributed by atoms with Gasteiger partial charge in [-0.05, 0) is 59.5 Å². The van der Waals surface area contributed by atoms with Crippen molar-refractivity contribution in [2.45, 2.75) is 42.2 Å². The van der Waals surface area contributed by atoms with Crippen LogP contribution in [-0.4, -0.2) is 33.1 Å². The third-order valence-corrected chi connectivity index (χ3v) is 9.97. The van der Waals surface area contributed by atoms with Crippen LogP contribution in [0.4, 0.5) is 5.13 Å². The molecule has 1 saturated heterocycles. The van der Waals surface area contributed by atoms with Crippen LogP contribution in [0.2, 0.25) is 0 Å². The van der Waals surface area contributed by atoms with E-state index in [-0.39, 0.29) is 22.6 Å². The van der Waals surface area contributed by atoms with Gasteiger partial charge in [-0.2, -0.15) is 0 Å². The first-order chi connectivity index (χ1) is 22.4. The molecular weight excluding hydrogens is 619 g/mol. The molecule has 3 heterocycles. The lowest BCUT2D eigenvalue weighted by Gasteiger charge is -2.23. The van der Waals surface area contributed by atoms with Crippen LogP contribution in [0.1, 0.15) is 40.8 Å². The number of carbonyl (C=O) groups excluding carboxylic acids is 2. The predicted octanol–water partition coefficient (Wildman–Crippen LogP) is 7.36. The fraction of sp³-hybridized carbons (Fsp3) is 0.167. The summed E-state index contributed by atoms with van der Waals surface area (Å²) in [4.78, 5) is 28.9. The Bertz CT molecular complexity index is 1940. The monoisotopic (exact) mass is 647 g/mol. The molecule has 1 N–H and O–H groups in total. The summed E-state index contributed by atoms with van der Waals surface area (Å²) in [5.41, 5.74) is 4.08. The molecule has 2 atom stereocenters. The van der Waals surface area contributed by atoms with Crippen LogP contribution in [0.15, 0.2) is 113 Å². The van der Waals surface area contributed by atoms with E-state index >= 15 is 0 Å². The molecule has 8 nitrogen and oxygen atoms in total. The first-order valence-corrected chi connectivity index (χ1v) is 16.6. The Morgan fingerprint density at radius 1 is 0.957 bits per heavy atom. The number of aromatic nitrogens is 2. The van der Waals surface area contributed by atoms with Crippen LogP contribution in [0, 0.1) is 0 Å². The minimum Gasteiger partial charge on any atom is -0.507 e. The molecule has 1 aromatic heterocycles. The molecule has 10 heteroatoms. The molecule has 1 fully saturated rings. The Morgan fingerprint density at radius 2 is 1.72 bits per heavy atom. The Morgan fingerprint density at radius 3 is 2.50 bits per heavy atom. The molecule has 2 aliphatic rings. The molecule has 0 bridgehead atoms. The molecule has 0 saturated carbocycles. The largest absolute Gasteiger partial charge is 0.507 e. The van der Waals surface area contributed by atoms with E-state index in [1.54, 1.807) is 18.2 Å². The molecule has 0 radical (unpaired) electrons. The van der Waals surface area contributed by atoms with Gasteiger partial charge in [-0.25, -0.2) is 0 Å². The highest BCUT2D eigenvalue weighted by molar-refractivity contribution is 8.00. The average Bonchev–Trinajstić information content (AvgIpc) is 3.78. The highest BCUT2D eigenvalue weighted by Gasteiger charge is 2.48. The van der Waals surface area contributed by atoms with Crippen LogP contribution in [0.25, 0.3) is 5.76 Å². The summed E-state index contributed by atoms with van der Waals surface area (Å²) < 4.78 is 12.6. The molecule has 0 spiro atoms. The number of fused-ring (bicyclic) bond motifs is 1. The highest BCUT2D eigenvalue weighted by atomic mass is 32.2. The van der Waals surface area contributed by atoms with Gasteiger partial charge >= 0.3 is 5.91 Å². The maximum atomic E-state index is 13.8. The van der Waals surface area contributed by atoms with Crippen LogP contribution in [0.3, 0.4) is 0 Å². The number of Topliss-reactive ketones (excluding diaryl/α,β-unsaturated/α-hetero) is 1. The molecule has 1 amide bonds. The Kier molecular flexibility index (Phi) is 8.30. The topological polar surface area (TPSA) is 102 Å². The van der Waals surface area contributed by atoms with E-state index in [1.165, 1.54) is 28.0 Å². The van der Waals surface area contributed by atoms with Gasteiger partial charge in [0, 0.05) is 17.7 Å². The quantitative estimate of drug-likeness (QED) is 0.0582. The SMILES string of the molecule is C[C@@H]1Cc2cc(C(O)=C3C(=O)C(=O)N(c4nnc(SCc5ccccc5)s4)[C@@H]3c3cccc(OCc4ccccc4)c3)ccc2O1. The minimum absolute atomic E-state index is 0.0166. The van der Waals surface area contributed by atoms with Crippen molar-refractivity contribution < 1.29 is 24.2 Å². The number of carbonyl (C=O) groups is 2. The molecule has 0 aliphatic carbocycles. The number of nitrogens with zero attached hydrogens (tertiary/aromatic N) is 3. The number of anilines is 1. The van der Waals surface area contributed by atoms with Crippen LogP contribution in [-0.2, 0) is 28.4 Å². The smallest absolute Gasteiger partial charge is 0.301 e. The lowest BCUT2D eigenvalue weighted by Crippen LogP contribution is -2.29. The van der Waals surface area contributed by atoms with E-state index in [0.29, 0.717) is 40.0 Å². The van der Waals surface area contributed by atoms with Gasteiger partial charge in [0.25, 0.3) is 5.78 Å². The van der Waals surface area contributed by atoms with E-state index in [9.17, 15) is 14.7 Å². The number of hydrogen-bond donors (Lipinski definition) is 1. The van der Waals surface area contributed by atoms with Gasteiger partial charge in [0.2, 0.25) is 5.13 Å². The summed E-state index contributed by atoms with van der Waals surface area (Å²) >= 11 is 2.74. The number of rotatable bonds is 9. The summed E-state index contributed by atoms with van der Waals surface area (Å²) in [7, 11) is 0. The van der Waals surface area contributed by atoms with Gasteiger partial charge in [-0.1, -0.05) is 95.9 Å². The lowest BCUT2D eigenvalue weighted by molar-refractivity contribution is -0.132. The van der Waals surface area contributed by atoms with Crippen molar-refractivity contribution in [3.63, 3.8) is 0 Å². The third kappa shape index (κ3) is 6.01. The van der Waals surface area contributed by atoms with Crippen molar-refractivity contribution >= 4 is 45.7 Å². The lowest BCUT2D eigenvalue weighted by atomic mass is 9.94. The van der Waals surface area contributed by atoms with Gasteiger partial charge in [0.15, 0.2) is 4.34 Å². The number of aliphatic hydroxyl groups is 1.